The second kappa shape index (κ2) is 4.52. The van der Waals surface area contributed by atoms with Gasteiger partial charge in [-0.05, 0) is 18.6 Å². The van der Waals surface area contributed by atoms with Crippen molar-refractivity contribution in [3.63, 3.8) is 0 Å². The lowest BCUT2D eigenvalue weighted by Gasteiger charge is -1.98. The Balaban J connectivity index is 2.77. The highest BCUT2D eigenvalue weighted by Gasteiger charge is 1.97. The van der Waals surface area contributed by atoms with Crippen LogP contribution in [-0.4, -0.2) is 21.9 Å². The first-order chi connectivity index (χ1) is 6.24. The highest BCUT2D eigenvalue weighted by molar-refractivity contribution is 5.58. The molecule has 0 aliphatic heterocycles. The average molecular weight is 180 g/mol. The minimum Gasteiger partial charge on any atom is -0.508 e. The van der Waals surface area contributed by atoms with E-state index in [1.807, 2.05) is 0 Å². The third-order valence-corrected chi connectivity index (χ3v) is 1.61. The van der Waals surface area contributed by atoms with Crippen molar-refractivity contribution in [3.05, 3.63) is 29.8 Å². The van der Waals surface area contributed by atoms with Crippen LogP contribution >= 0.6 is 0 Å². The van der Waals surface area contributed by atoms with E-state index in [2.05, 4.69) is 0 Å². The molecule has 3 nitrogen and oxygen atoms in total. The Bertz CT molecular complexity index is 305. The first-order valence-corrected chi connectivity index (χ1v) is 4.03. The molecule has 1 aromatic rings. The van der Waals surface area contributed by atoms with Crippen LogP contribution in [0.2, 0.25) is 0 Å². The Morgan fingerprint density at radius 1 is 1.23 bits per heavy atom. The second-order valence-electron chi connectivity index (χ2n) is 2.66. The number of benzene rings is 1. The summed E-state index contributed by atoms with van der Waals surface area (Å²) >= 11 is 0. The molecule has 0 aliphatic rings. The third-order valence-electron chi connectivity index (χ3n) is 1.61. The standard InChI is InChI=1S/C10H12O3/c11-6-2-1-3-8-4-5-9(12)7-10(8)13/h1,3-5,7,11-13H,2,6H2. The summed E-state index contributed by atoms with van der Waals surface area (Å²) in [7, 11) is 0. The van der Waals surface area contributed by atoms with Gasteiger partial charge in [-0.3, -0.25) is 0 Å². The Morgan fingerprint density at radius 2 is 2.00 bits per heavy atom. The van der Waals surface area contributed by atoms with Crippen LogP contribution in [0.3, 0.4) is 0 Å². The highest BCUT2D eigenvalue weighted by atomic mass is 16.3. The minimum absolute atomic E-state index is 0.0363. The predicted molar refractivity (Wildman–Crippen MR) is 50.5 cm³/mol. The zero-order valence-corrected chi connectivity index (χ0v) is 7.14. The SMILES string of the molecule is OCCC=Cc1ccc(O)cc1O. The van der Waals surface area contributed by atoms with Gasteiger partial charge in [-0.25, -0.2) is 0 Å². The van der Waals surface area contributed by atoms with E-state index in [1.54, 1.807) is 18.2 Å². The molecule has 3 heteroatoms. The second-order valence-corrected chi connectivity index (χ2v) is 2.66. The summed E-state index contributed by atoms with van der Waals surface area (Å²) < 4.78 is 0. The molecule has 0 spiro atoms. The van der Waals surface area contributed by atoms with Gasteiger partial charge < -0.3 is 15.3 Å². The number of phenolic OH excluding ortho intramolecular Hbond substituents is 2. The van der Waals surface area contributed by atoms with Crippen molar-refractivity contribution in [3.8, 4) is 11.5 Å². The summed E-state index contributed by atoms with van der Waals surface area (Å²) in [5.74, 6) is 0.0750. The summed E-state index contributed by atoms with van der Waals surface area (Å²) in [5, 5.41) is 26.8. The molecule has 0 heterocycles. The van der Waals surface area contributed by atoms with Gasteiger partial charge in [0.15, 0.2) is 0 Å². The number of aliphatic hydroxyl groups excluding tert-OH is 1. The molecule has 0 atom stereocenters. The van der Waals surface area contributed by atoms with E-state index in [9.17, 15) is 5.11 Å². The summed E-state index contributed by atoms with van der Waals surface area (Å²) in [6.07, 6.45) is 4.01. The molecule has 1 rings (SSSR count). The van der Waals surface area contributed by atoms with E-state index < -0.39 is 0 Å². The summed E-state index contributed by atoms with van der Waals surface area (Å²) in [6, 6.07) is 4.38. The number of phenols is 2. The number of aliphatic hydroxyl groups is 1. The molecule has 0 radical (unpaired) electrons. The number of rotatable bonds is 3. The summed E-state index contributed by atoms with van der Waals surface area (Å²) in [5.41, 5.74) is 0.631. The van der Waals surface area contributed by atoms with E-state index in [0.29, 0.717) is 12.0 Å². The predicted octanol–water partition coefficient (Wildman–Crippen LogP) is 1.49. The molecule has 0 amide bonds. The normalized spacial score (nSPS) is 10.8. The topological polar surface area (TPSA) is 60.7 Å². The fourth-order valence-corrected chi connectivity index (χ4v) is 0.958. The molecule has 0 aliphatic carbocycles. The van der Waals surface area contributed by atoms with E-state index in [-0.39, 0.29) is 18.1 Å². The maximum atomic E-state index is 9.32. The largest absolute Gasteiger partial charge is 0.508 e. The van der Waals surface area contributed by atoms with Gasteiger partial charge >= 0.3 is 0 Å². The molecule has 0 saturated heterocycles. The molecular formula is C10H12O3. The van der Waals surface area contributed by atoms with Crippen LogP contribution in [0.1, 0.15) is 12.0 Å². The van der Waals surface area contributed by atoms with E-state index >= 15 is 0 Å². The molecule has 70 valence electrons. The van der Waals surface area contributed by atoms with E-state index in [0.717, 1.165) is 0 Å². The fourth-order valence-electron chi connectivity index (χ4n) is 0.958. The van der Waals surface area contributed by atoms with E-state index in [4.69, 9.17) is 10.2 Å². The van der Waals surface area contributed by atoms with Gasteiger partial charge in [0.25, 0.3) is 0 Å². The molecular weight excluding hydrogens is 168 g/mol. The monoisotopic (exact) mass is 180 g/mol. The Morgan fingerprint density at radius 3 is 2.62 bits per heavy atom. The Labute approximate surface area is 76.6 Å². The van der Waals surface area contributed by atoms with Crippen LogP contribution in [0.4, 0.5) is 0 Å². The maximum absolute atomic E-state index is 9.32. The molecule has 13 heavy (non-hydrogen) atoms. The van der Waals surface area contributed by atoms with Crippen molar-refractivity contribution < 1.29 is 15.3 Å². The smallest absolute Gasteiger partial charge is 0.126 e. The van der Waals surface area contributed by atoms with Crippen LogP contribution in [-0.2, 0) is 0 Å². The van der Waals surface area contributed by atoms with Crippen molar-refractivity contribution in [1.82, 2.24) is 0 Å². The highest BCUT2D eigenvalue weighted by Crippen LogP contribution is 2.23. The fraction of sp³-hybridized carbons (Fsp3) is 0.200. The van der Waals surface area contributed by atoms with Crippen LogP contribution in [0, 0.1) is 0 Å². The van der Waals surface area contributed by atoms with Gasteiger partial charge in [-0.1, -0.05) is 12.2 Å². The van der Waals surface area contributed by atoms with Crippen molar-refractivity contribution in [2.45, 2.75) is 6.42 Å². The molecule has 0 fully saturated rings. The van der Waals surface area contributed by atoms with Gasteiger partial charge in [-0.15, -0.1) is 0 Å². The average Bonchev–Trinajstić information content (AvgIpc) is 2.09. The number of hydrogen-bond donors (Lipinski definition) is 3. The molecule has 0 aromatic heterocycles. The minimum atomic E-state index is 0.0363. The van der Waals surface area contributed by atoms with E-state index in [1.165, 1.54) is 12.1 Å². The van der Waals surface area contributed by atoms with Crippen molar-refractivity contribution in [2.75, 3.05) is 6.61 Å². The Hall–Kier alpha value is -1.48. The van der Waals surface area contributed by atoms with Crippen LogP contribution in [0.5, 0.6) is 11.5 Å². The molecule has 3 N–H and O–H groups in total. The lowest BCUT2D eigenvalue weighted by atomic mass is 10.1. The van der Waals surface area contributed by atoms with Gasteiger partial charge in [-0.2, -0.15) is 0 Å². The molecule has 0 saturated carbocycles. The third kappa shape index (κ3) is 2.80. The number of aromatic hydroxyl groups is 2. The quantitative estimate of drug-likeness (QED) is 0.660. The van der Waals surface area contributed by atoms with Crippen LogP contribution in [0.15, 0.2) is 24.3 Å². The van der Waals surface area contributed by atoms with Gasteiger partial charge in [0.1, 0.15) is 11.5 Å². The van der Waals surface area contributed by atoms with Gasteiger partial charge in [0, 0.05) is 18.2 Å². The van der Waals surface area contributed by atoms with Gasteiger partial charge in [0.05, 0.1) is 0 Å². The van der Waals surface area contributed by atoms with Crippen molar-refractivity contribution >= 4 is 6.08 Å². The first-order valence-electron chi connectivity index (χ1n) is 4.03. The van der Waals surface area contributed by atoms with Crippen molar-refractivity contribution in [2.24, 2.45) is 0 Å². The van der Waals surface area contributed by atoms with Crippen molar-refractivity contribution in [1.29, 1.82) is 0 Å². The lowest BCUT2D eigenvalue weighted by molar-refractivity contribution is 0.303. The Kier molecular flexibility index (Phi) is 3.34. The molecule has 1 aromatic carbocycles. The van der Waals surface area contributed by atoms with Crippen LogP contribution in [0.25, 0.3) is 6.08 Å². The first kappa shape index (κ1) is 9.61. The zero-order valence-electron chi connectivity index (χ0n) is 7.14. The molecule has 0 bridgehead atoms. The molecule has 0 unspecified atom stereocenters. The zero-order chi connectivity index (χ0) is 9.68. The summed E-state index contributed by atoms with van der Waals surface area (Å²) in [4.78, 5) is 0. The number of hydrogen-bond acceptors (Lipinski definition) is 3. The maximum Gasteiger partial charge on any atom is 0.126 e. The summed E-state index contributed by atoms with van der Waals surface area (Å²) in [6.45, 7) is 0.0926. The van der Waals surface area contributed by atoms with Gasteiger partial charge in [0.2, 0.25) is 0 Å². The van der Waals surface area contributed by atoms with Crippen LogP contribution < -0.4 is 0 Å². The lowest BCUT2D eigenvalue weighted by Crippen LogP contribution is -1.77.